The van der Waals surface area contributed by atoms with E-state index in [0.717, 1.165) is 0 Å². The molecule has 0 aromatic heterocycles. The molecule has 0 spiro atoms. The summed E-state index contributed by atoms with van der Waals surface area (Å²) in [5.74, 6) is -0.311. The summed E-state index contributed by atoms with van der Waals surface area (Å²) < 4.78 is 4.48. The van der Waals surface area contributed by atoms with Crippen LogP contribution in [0.3, 0.4) is 0 Å². The number of esters is 1. The van der Waals surface area contributed by atoms with Crippen molar-refractivity contribution in [2.75, 3.05) is 7.11 Å². The zero-order valence-electron chi connectivity index (χ0n) is 5.63. The molecule has 0 aliphatic rings. The van der Waals surface area contributed by atoms with Crippen LogP contribution >= 0.6 is 0 Å². The fourth-order valence-corrected chi connectivity index (χ4v) is 0.641. The second-order valence-electron chi connectivity index (χ2n) is 1.78. The topological polar surface area (TPSA) is 26.3 Å². The molecule has 0 heterocycles. The average molecular weight is 135 g/mol. The molecule has 10 heavy (non-hydrogen) atoms. The molecule has 0 radical (unpaired) electrons. The van der Waals surface area contributed by atoms with E-state index in [1.807, 2.05) is 0 Å². The fourth-order valence-electron chi connectivity index (χ4n) is 0.641. The quantitative estimate of drug-likeness (QED) is 0.428. The van der Waals surface area contributed by atoms with Crippen LogP contribution in [0.25, 0.3) is 0 Å². The number of carbonyl (C=O) groups excluding carboxylic acids is 1. The molecule has 0 saturated carbocycles. The Balaban J connectivity index is 2.85. The normalized spacial score (nSPS) is 8.90. The Labute approximate surface area is 59.4 Å². The highest BCUT2D eigenvalue weighted by Gasteiger charge is 1.94. The Morgan fingerprint density at radius 2 is 2.10 bits per heavy atom. The summed E-state index contributed by atoms with van der Waals surface area (Å²) in [5.41, 5.74) is 0.557. The van der Waals surface area contributed by atoms with Crippen LogP contribution < -0.4 is 0 Å². The van der Waals surface area contributed by atoms with Crippen molar-refractivity contribution in [1.82, 2.24) is 0 Å². The molecule has 52 valence electrons. The lowest BCUT2D eigenvalue weighted by molar-refractivity contribution is 0.0601. The van der Waals surface area contributed by atoms with Gasteiger partial charge >= 0.3 is 5.97 Å². The van der Waals surface area contributed by atoms with Crippen LogP contribution in [-0.2, 0) is 4.74 Å². The Morgan fingerprint density at radius 1 is 1.50 bits per heavy atom. The van der Waals surface area contributed by atoms with Gasteiger partial charge in [-0.25, -0.2) is 4.79 Å². The smallest absolute Gasteiger partial charge is 0.313 e. The molecule has 0 unspecified atom stereocenters. The summed E-state index contributed by atoms with van der Waals surface area (Å²) in [6.45, 7) is 0. The molecular weight excluding hydrogens is 128 g/mol. The second kappa shape index (κ2) is 3.01. The van der Waals surface area contributed by atoms with Gasteiger partial charge < -0.3 is 4.74 Å². The van der Waals surface area contributed by atoms with E-state index in [1.165, 1.54) is 7.11 Å². The van der Waals surface area contributed by atoms with Crippen LogP contribution in [0.1, 0.15) is 10.4 Å². The van der Waals surface area contributed by atoms with Crippen LogP contribution in [0.5, 0.6) is 0 Å². The highest BCUT2D eigenvalue weighted by molar-refractivity contribution is 5.89. The minimum Gasteiger partial charge on any atom is -0.467 e. The highest BCUT2D eigenvalue weighted by Crippen LogP contribution is 1.98. The van der Waals surface area contributed by atoms with E-state index in [1.54, 1.807) is 24.3 Å². The summed E-state index contributed by atoms with van der Waals surface area (Å²) in [6, 6.07) is 9.47. The lowest BCUT2D eigenvalue weighted by Gasteiger charge is -2.01. The van der Waals surface area contributed by atoms with Crippen molar-refractivity contribution in [3.05, 3.63) is 35.9 Å². The fraction of sp³-hybridized carbons (Fsp3) is 0.125. The lowest BCUT2D eigenvalue weighted by Crippen LogP contribution is -1.99. The van der Waals surface area contributed by atoms with E-state index >= 15 is 0 Å². The first kappa shape index (κ1) is 6.81. The first-order valence-electron chi connectivity index (χ1n) is 2.89. The average Bonchev–Trinajstić information content (AvgIpc) is 2.05. The maximum atomic E-state index is 10.8. The Kier molecular flexibility index (Phi) is 2.05. The molecule has 1 rings (SSSR count). The van der Waals surface area contributed by atoms with Crippen molar-refractivity contribution in [2.24, 2.45) is 0 Å². The van der Waals surface area contributed by atoms with Crippen LogP contribution in [0.2, 0.25) is 0 Å². The van der Waals surface area contributed by atoms with Gasteiger partial charge in [-0.1, -0.05) is 0 Å². The van der Waals surface area contributed by atoms with Gasteiger partial charge in [-0.3, -0.25) is 0 Å². The molecule has 2 nitrogen and oxygen atoms in total. The molecule has 2 heteroatoms. The largest absolute Gasteiger partial charge is 0.467 e. The SMILES string of the molecule is COC(=O)c1cc[c-]cc1. The zero-order valence-corrected chi connectivity index (χ0v) is 5.63. The van der Waals surface area contributed by atoms with Crippen LogP contribution in [0.15, 0.2) is 24.3 Å². The number of benzene rings is 1. The van der Waals surface area contributed by atoms with Gasteiger partial charge in [0.05, 0.1) is 7.11 Å². The third kappa shape index (κ3) is 1.35. The van der Waals surface area contributed by atoms with Crippen LogP contribution in [0.4, 0.5) is 0 Å². The Morgan fingerprint density at radius 3 is 2.60 bits per heavy atom. The van der Waals surface area contributed by atoms with Crippen LogP contribution in [-0.4, -0.2) is 13.1 Å². The van der Waals surface area contributed by atoms with Crippen molar-refractivity contribution in [3.63, 3.8) is 0 Å². The van der Waals surface area contributed by atoms with Crippen molar-refractivity contribution in [3.8, 4) is 0 Å². The minimum absolute atomic E-state index is 0.311. The predicted octanol–water partition coefficient (Wildman–Crippen LogP) is 1.27. The molecule has 0 fully saturated rings. The number of hydrogen-bond acceptors (Lipinski definition) is 2. The summed E-state index contributed by atoms with van der Waals surface area (Å²) >= 11 is 0. The Bertz CT molecular complexity index is 216. The van der Waals surface area contributed by atoms with Crippen LogP contribution in [0, 0.1) is 6.07 Å². The summed E-state index contributed by atoms with van der Waals surface area (Å²) in [6.07, 6.45) is 0. The van der Waals surface area contributed by atoms with Crippen molar-refractivity contribution < 1.29 is 9.53 Å². The van der Waals surface area contributed by atoms with Gasteiger partial charge in [-0.05, 0) is 5.56 Å². The minimum atomic E-state index is -0.311. The lowest BCUT2D eigenvalue weighted by atomic mass is 10.2. The maximum Gasteiger partial charge on any atom is 0.313 e. The molecule has 1 aromatic carbocycles. The zero-order chi connectivity index (χ0) is 7.40. The van der Waals surface area contributed by atoms with Crippen molar-refractivity contribution in [1.29, 1.82) is 0 Å². The van der Waals surface area contributed by atoms with E-state index in [0.29, 0.717) is 5.56 Å². The molecule has 0 amide bonds. The Hall–Kier alpha value is -1.31. The summed E-state index contributed by atoms with van der Waals surface area (Å²) in [5, 5.41) is 0. The highest BCUT2D eigenvalue weighted by atomic mass is 16.5. The summed E-state index contributed by atoms with van der Waals surface area (Å²) in [7, 11) is 1.36. The molecule has 0 N–H and O–H groups in total. The first-order chi connectivity index (χ1) is 4.84. The van der Waals surface area contributed by atoms with E-state index in [-0.39, 0.29) is 5.97 Å². The predicted molar refractivity (Wildman–Crippen MR) is 36.6 cm³/mol. The number of rotatable bonds is 1. The second-order valence-corrected chi connectivity index (χ2v) is 1.78. The number of ether oxygens (including phenoxy) is 1. The van der Waals surface area contributed by atoms with E-state index in [4.69, 9.17) is 0 Å². The van der Waals surface area contributed by atoms with E-state index in [2.05, 4.69) is 10.8 Å². The van der Waals surface area contributed by atoms with Gasteiger partial charge in [0.25, 0.3) is 0 Å². The monoisotopic (exact) mass is 135 g/mol. The van der Waals surface area contributed by atoms with E-state index in [9.17, 15) is 4.79 Å². The first-order valence-corrected chi connectivity index (χ1v) is 2.89. The van der Waals surface area contributed by atoms with Crippen molar-refractivity contribution >= 4 is 5.97 Å². The van der Waals surface area contributed by atoms with E-state index < -0.39 is 0 Å². The molecule has 0 aliphatic carbocycles. The molecular formula is C8H7O2-. The maximum absolute atomic E-state index is 10.8. The number of hydrogen-bond donors (Lipinski definition) is 0. The van der Waals surface area contributed by atoms with Gasteiger partial charge in [0.1, 0.15) is 0 Å². The van der Waals surface area contributed by atoms with Crippen molar-refractivity contribution in [2.45, 2.75) is 0 Å². The molecule has 0 saturated heterocycles. The molecule has 1 aromatic rings. The third-order valence-electron chi connectivity index (χ3n) is 1.14. The molecule has 0 aliphatic heterocycles. The standard InChI is InChI=1S/C8H7O2/c1-10-8(9)7-5-3-2-4-6-7/h3-6H,1H3/q-1. The molecule has 0 bridgehead atoms. The summed E-state index contributed by atoms with van der Waals surface area (Å²) in [4.78, 5) is 10.8. The van der Waals surface area contributed by atoms with Gasteiger partial charge in [-0.15, -0.1) is 0 Å². The van der Waals surface area contributed by atoms with Gasteiger partial charge in [-0.2, -0.15) is 30.3 Å². The van der Waals surface area contributed by atoms with Gasteiger partial charge in [0, 0.05) is 0 Å². The molecule has 0 atom stereocenters. The number of carbonyl (C=O) groups is 1. The third-order valence-corrected chi connectivity index (χ3v) is 1.14. The number of methoxy groups -OCH3 is 1. The van der Waals surface area contributed by atoms with Gasteiger partial charge in [0.2, 0.25) is 0 Å². The van der Waals surface area contributed by atoms with Gasteiger partial charge in [0.15, 0.2) is 0 Å².